The fourth-order valence-corrected chi connectivity index (χ4v) is 3.42. The first kappa shape index (κ1) is 13.2. The summed E-state index contributed by atoms with van der Waals surface area (Å²) in [4.78, 5) is 0. The molecule has 1 unspecified atom stereocenters. The number of aryl methyl sites for hydroxylation is 1. The molecule has 1 aliphatic carbocycles. The second-order valence-electron chi connectivity index (χ2n) is 5.03. The zero-order chi connectivity index (χ0) is 13.6. The quantitative estimate of drug-likeness (QED) is 0.808. The van der Waals surface area contributed by atoms with Crippen LogP contribution in [0.4, 0.5) is 0 Å². The monoisotopic (exact) mass is 339 g/mol. The molecule has 1 aromatic heterocycles. The Balaban J connectivity index is 2.23. The first-order chi connectivity index (χ1) is 9.08. The smallest absolute Gasteiger partial charge is 0.0807 e. The van der Waals surface area contributed by atoms with Crippen LogP contribution in [0.3, 0.4) is 0 Å². The Hall–Kier alpha value is -0.770. The number of aliphatic hydroxyl groups is 1. The van der Waals surface area contributed by atoms with Gasteiger partial charge in [-0.2, -0.15) is 0 Å². The number of hydrogen-bond donors (Lipinski definition) is 1. The molecular weight excluding hydrogens is 326 g/mol. The maximum Gasteiger partial charge on any atom is 0.0807 e. The number of halogens is 2. The van der Waals surface area contributed by atoms with Crippen molar-refractivity contribution in [2.75, 3.05) is 0 Å². The topological polar surface area (TPSA) is 25.2 Å². The average molecular weight is 341 g/mol. The van der Waals surface area contributed by atoms with Crippen molar-refractivity contribution >= 4 is 27.5 Å². The molecule has 0 saturated carbocycles. The number of rotatable bonds is 1. The Morgan fingerprint density at radius 3 is 2.95 bits per heavy atom. The van der Waals surface area contributed by atoms with Gasteiger partial charge in [-0.05, 0) is 50.5 Å². The van der Waals surface area contributed by atoms with Gasteiger partial charge < -0.3 is 9.67 Å². The Morgan fingerprint density at radius 2 is 2.16 bits per heavy atom. The normalized spacial score (nSPS) is 18.4. The van der Waals surface area contributed by atoms with Crippen LogP contribution in [0.5, 0.6) is 0 Å². The molecule has 19 heavy (non-hydrogen) atoms. The molecule has 1 heterocycles. The van der Waals surface area contributed by atoms with E-state index in [1.54, 1.807) is 0 Å². The van der Waals surface area contributed by atoms with Gasteiger partial charge in [0.15, 0.2) is 0 Å². The molecule has 1 atom stereocenters. The first-order valence-electron chi connectivity index (χ1n) is 6.42. The highest BCUT2D eigenvalue weighted by molar-refractivity contribution is 9.10. The minimum absolute atomic E-state index is 0.338. The predicted molar refractivity (Wildman–Crippen MR) is 81.1 cm³/mol. The lowest BCUT2D eigenvalue weighted by molar-refractivity contribution is 0.156. The third-order valence-electron chi connectivity index (χ3n) is 3.72. The number of benzene rings is 1. The van der Waals surface area contributed by atoms with Crippen molar-refractivity contribution in [1.29, 1.82) is 0 Å². The lowest BCUT2D eigenvalue weighted by Crippen LogP contribution is -2.11. The number of fused-ring (bicyclic) bond motifs is 1. The molecule has 0 amide bonds. The van der Waals surface area contributed by atoms with Crippen molar-refractivity contribution in [3.63, 3.8) is 0 Å². The summed E-state index contributed by atoms with van der Waals surface area (Å²) in [6.07, 6.45) is 2.52. The van der Waals surface area contributed by atoms with Crippen LogP contribution in [0, 0.1) is 6.92 Å². The maximum absolute atomic E-state index is 10.1. The maximum atomic E-state index is 10.1. The van der Waals surface area contributed by atoms with E-state index in [1.165, 1.54) is 5.69 Å². The summed E-state index contributed by atoms with van der Waals surface area (Å²) >= 11 is 9.83. The van der Waals surface area contributed by atoms with Gasteiger partial charge in [-0.25, -0.2) is 0 Å². The van der Waals surface area contributed by atoms with Crippen LogP contribution in [0.15, 0.2) is 28.7 Å². The summed E-state index contributed by atoms with van der Waals surface area (Å²) in [6.45, 7) is 2.06. The van der Waals surface area contributed by atoms with Crippen molar-refractivity contribution in [3.05, 3.63) is 50.7 Å². The highest BCUT2D eigenvalue weighted by Gasteiger charge is 2.24. The van der Waals surface area contributed by atoms with Gasteiger partial charge >= 0.3 is 0 Å². The number of aromatic nitrogens is 1. The molecule has 2 nitrogen and oxygen atoms in total. The highest BCUT2D eigenvalue weighted by Crippen LogP contribution is 2.36. The summed E-state index contributed by atoms with van der Waals surface area (Å²) in [5, 5.41) is 10.8. The minimum Gasteiger partial charge on any atom is -0.388 e. The van der Waals surface area contributed by atoms with Crippen molar-refractivity contribution < 1.29 is 5.11 Å². The Bertz CT molecular complexity index is 635. The molecule has 1 aliphatic rings. The fourth-order valence-electron chi connectivity index (χ4n) is 2.87. The lowest BCUT2D eigenvalue weighted by atomic mass is 9.95. The molecule has 0 bridgehead atoms. The zero-order valence-corrected chi connectivity index (χ0v) is 13.0. The minimum atomic E-state index is -0.338. The van der Waals surface area contributed by atoms with Crippen LogP contribution >= 0.6 is 27.5 Å². The van der Waals surface area contributed by atoms with Crippen molar-refractivity contribution in [1.82, 2.24) is 4.57 Å². The Kier molecular flexibility index (Phi) is 3.46. The number of nitrogens with zero attached hydrogens (tertiary/aromatic N) is 1. The van der Waals surface area contributed by atoms with Crippen molar-refractivity contribution in [3.8, 4) is 5.69 Å². The molecule has 0 radical (unpaired) electrons. The molecule has 3 rings (SSSR count). The molecule has 0 aliphatic heterocycles. The van der Waals surface area contributed by atoms with E-state index in [9.17, 15) is 5.11 Å². The zero-order valence-electron chi connectivity index (χ0n) is 10.7. The second kappa shape index (κ2) is 4.97. The van der Waals surface area contributed by atoms with E-state index in [4.69, 9.17) is 11.6 Å². The highest BCUT2D eigenvalue weighted by atomic mass is 79.9. The van der Waals surface area contributed by atoms with Crippen LogP contribution < -0.4 is 0 Å². The van der Waals surface area contributed by atoms with E-state index in [0.717, 1.165) is 45.7 Å². The standard InChI is InChI=1S/C15H15BrClNO/c1-9-7-11-13(3-2-4-15(11)19)18(9)14-8-10(16)5-6-12(14)17/h5-8,15,19H,2-4H2,1H3. The third-order valence-corrected chi connectivity index (χ3v) is 4.53. The molecule has 1 aromatic carbocycles. The van der Waals surface area contributed by atoms with Crippen molar-refractivity contribution in [2.45, 2.75) is 32.3 Å². The van der Waals surface area contributed by atoms with Gasteiger partial charge in [-0.15, -0.1) is 0 Å². The van der Waals surface area contributed by atoms with E-state index in [2.05, 4.69) is 33.5 Å². The summed E-state index contributed by atoms with van der Waals surface area (Å²) in [5.41, 5.74) is 4.34. The molecule has 0 saturated heterocycles. The largest absolute Gasteiger partial charge is 0.388 e. The van der Waals surface area contributed by atoms with E-state index in [-0.39, 0.29) is 6.10 Å². The fraction of sp³-hybridized carbons (Fsp3) is 0.333. The number of hydrogen-bond acceptors (Lipinski definition) is 1. The number of aliphatic hydroxyl groups excluding tert-OH is 1. The van der Waals surface area contributed by atoms with Gasteiger partial charge in [0, 0.05) is 21.4 Å². The van der Waals surface area contributed by atoms with Crippen molar-refractivity contribution in [2.24, 2.45) is 0 Å². The van der Waals surface area contributed by atoms with Crippen LogP contribution in [0.25, 0.3) is 5.69 Å². The van der Waals surface area contributed by atoms with Crippen LogP contribution in [0.1, 0.15) is 35.9 Å². The SMILES string of the molecule is Cc1cc2c(n1-c1cc(Br)ccc1Cl)CCCC2O. The lowest BCUT2D eigenvalue weighted by Gasteiger charge is -2.21. The molecule has 1 N–H and O–H groups in total. The second-order valence-corrected chi connectivity index (χ2v) is 6.35. The third kappa shape index (κ3) is 2.24. The van der Waals surface area contributed by atoms with Gasteiger partial charge in [0.25, 0.3) is 0 Å². The van der Waals surface area contributed by atoms with Gasteiger partial charge in [0.2, 0.25) is 0 Å². The molecule has 0 fully saturated rings. The first-order valence-corrected chi connectivity index (χ1v) is 7.59. The molecule has 0 spiro atoms. The summed E-state index contributed by atoms with van der Waals surface area (Å²) in [7, 11) is 0. The van der Waals surface area contributed by atoms with Gasteiger partial charge in [-0.1, -0.05) is 27.5 Å². The molecule has 100 valence electrons. The Labute approximate surface area is 126 Å². The summed E-state index contributed by atoms with van der Waals surface area (Å²) in [6, 6.07) is 7.94. The summed E-state index contributed by atoms with van der Waals surface area (Å²) in [5.74, 6) is 0. The van der Waals surface area contributed by atoms with Crippen LogP contribution in [-0.4, -0.2) is 9.67 Å². The average Bonchev–Trinajstić information content (AvgIpc) is 2.70. The van der Waals surface area contributed by atoms with Crippen LogP contribution in [-0.2, 0) is 6.42 Å². The molecule has 4 heteroatoms. The van der Waals surface area contributed by atoms with E-state index < -0.39 is 0 Å². The van der Waals surface area contributed by atoms with Crippen LogP contribution in [0.2, 0.25) is 5.02 Å². The molecular formula is C15H15BrClNO. The van der Waals surface area contributed by atoms with Gasteiger partial charge in [-0.3, -0.25) is 0 Å². The van der Waals surface area contributed by atoms with E-state index in [1.807, 2.05) is 18.2 Å². The van der Waals surface area contributed by atoms with E-state index >= 15 is 0 Å². The molecule has 2 aromatic rings. The van der Waals surface area contributed by atoms with E-state index in [0.29, 0.717) is 0 Å². The predicted octanol–water partition coefficient (Wildman–Crippen LogP) is 4.57. The Morgan fingerprint density at radius 1 is 1.37 bits per heavy atom. The van der Waals surface area contributed by atoms with Gasteiger partial charge in [0.1, 0.15) is 0 Å². The summed E-state index contributed by atoms with van der Waals surface area (Å²) < 4.78 is 3.18. The van der Waals surface area contributed by atoms with Gasteiger partial charge in [0.05, 0.1) is 16.8 Å².